The summed E-state index contributed by atoms with van der Waals surface area (Å²) in [4.78, 5) is 2.38. The summed E-state index contributed by atoms with van der Waals surface area (Å²) < 4.78 is 13.3. The molecule has 1 aliphatic rings. The molecule has 2 aromatic carbocycles. The summed E-state index contributed by atoms with van der Waals surface area (Å²) in [5.41, 5.74) is 10.0. The third-order valence-corrected chi connectivity index (χ3v) is 4.24. The van der Waals surface area contributed by atoms with Gasteiger partial charge < -0.3 is 10.6 Å². The molecule has 3 heteroatoms. The predicted molar refractivity (Wildman–Crippen MR) is 83.6 cm³/mol. The average Bonchev–Trinajstić information content (AvgIpc) is 2.70. The molecule has 0 aliphatic carbocycles. The van der Waals surface area contributed by atoms with Crippen LogP contribution in [-0.2, 0) is 12.8 Å². The van der Waals surface area contributed by atoms with Crippen molar-refractivity contribution in [3.63, 3.8) is 0 Å². The normalized spacial score (nSPS) is 17.0. The molecule has 2 N–H and O–H groups in total. The van der Waals surface area contributed by atoms with Gasteiger partial charge >= 0.3 is 0 Å². The van der Waals surface area contributed by atoms with Crippen LogP contribution in [0.4, 0.5) is 4.39 Å². The van der Waals surface area contributed by atoms with E-state index in [4.69, 9.17) is 5.73 Å². The molecule has 110 valence electrons. The lowest BCUT2D eigenvalue weighted by Gasteiger charge is -2.24. The third kappa shape index (κ3) is 3.49. The largest absolute Gasteiger partial charge is 0.323 e. The van der Waals surface area contributed by atoms with Crippen molar-refractivity contribution < 1.29 is 4.39 Å². The van der Waals surface area contributed by atoms with E-state index in [1.165, 1.54) is 23.3 Å². The zero-order valence-electron chi connectivity index (χ0n) is 12.1. The Bertz CT molecular complexity index is 585. The van der Waals surface area contributed by atoms with Gasteiger partial charge in [-0.2, -0.15) is 0 Å². The fraction of sp³-hybridized carbons (Fsp3) is 0.333. The van der Waals surface area contributed by atoms with E-state index >= 15 is 0 Å². The second kappa shape index (κ2) is 6.37. The number of hydrogen-bond donors (Lipinski definition) is 1. The van der Waals surface area contributed by atoms with Gasteiger partial charge in [-0.1, -0.05) is 36.4 Å². The molecule has 21 heavy (non-hydrogen) atoms. The van der Waals surface area contributed by atoms with E-state index < -0.39 is 0 Å². The monoisotopic (exact) mass is 284 g/mol. The maximum Gasteiger partial charge on any atom is 0.123 e. The summed E-state index contributed by atoms with van der Waals surface area (Å²) >= 11 is 0. The van der Waals surface area contributed by atoms with Crippen molar-refractivity contribution in [2.75, 3.05) is 19.6 Å². The van der Waals surface area contributed by atoms with Crippen molar-refractivity contribution in [2.24, 2.45) is 5.73 Å². The first-order valence-corrected chi connectivity index (χ1v) is 7.52. The van der Waals surface area contributed by atoms with Crippen molar-refractivity contribution in [1.29, 1.82) is 0 Å². The number of hydrogen-bond acceptors (Lipinski definition) is 2. The topological polar surface area (TPSA) is 29.3 Å². The molecule has 0 saturated heterocycles. The zero-order valence-corrected chi connectivity index (χ0v) is 12.1. The number of nitrogens with zero attached hydrogens (tertiary/aromatic N) is 1. The number of halogens is 1. The molecule has 1 aliphatic heterocycles. The van der Waals surface area contributed by atoms with Crippen LogP contribution in [0.25, 0.3) is 0 Å². The Morgan fingerprint density at radius 2 is 1.67 bits per heavy atom. The lowest BCUT2D eigenvalue weighted by atomic mass is 10.0. The van der Waals surface area contributed by atoms with Crippen LogP contribution >= 0.6 is 0 Å². The van der Waals surface area contributed by atoms with Crippen LogP contribution in [0.5, 0.6) is 0 Å². The summed E-state index contributed by atoms with van der Waals surface area (Å²) in [5.74, 6) is -0.216. The highest BCUT2D eigenvalue weighted by atomic mass is 19.1. The molecule has 0 radical (unpaired) electrons. The molecule has 0 spiro atoms. The summed E-state index contributed by atoms with van der Waals surface area (Å²) in [6.45, 7) is 2.80. The molecule has 0 aromatic heterocycles. The highest BCUT2D eigenvalue weighted by Gasteiger charge is 2.16. The minimum atomic E-state index is -0.216. The lowest BCUT2D eigenvalue weighted by molar-refractivity contribution is 0.269. The Kier molecular flexibility index (Phi) is 4.32. The molecular weight excluding hydrogens is 263 g/mol. The van der Waals surface area contributed by atoms with Gasteiger partial charge in [0.1, 0.15) is 5.82 Å². The van der Waals surface area contributed by atoms with Crippen LogP contribution in [0.1, 0.15) is 22.7 Å². The van der Waals surface area contributed by atoms with Crippen LogP contribution in [0.15, 0.2) is 48.5 Å². The molecule has 2 nitrogen and oxygen atoms in total. The standard InChI is InChI=1S/C18H21FN2/c19-17-7-3-6-16(12-17)18(20)13-21-10-8-14-4-1-2-5-15(14)9-11-21/h1-7,12,18H,8-11,13,20H2. The molecule has 1 unspecified atom stereocenters. The molecule has 1 heterocycles. The second-order valence-corrected chi connectivity index (χ2v) is 5.73. The Labute approximate surface area is 125 Å². The summed E-state index contributed by atoms with van der Waals surface area (Å²) in [7, 11) is 0. The van der Waals surface area contributed by atoms with Crippen LogP contribution < -0.4 is 5.73 Å². The lowest BCUT2D eigenvalue weighted by Crippen LogP contribution is -2.34. The minimum absolute atomic E-state index is 0.137. The Morgan fingerprint density at radius 3 is 2.29 bits per heavy atom. The molecule has 2 aromatic rings. The Hall–Kier alpha value is -1.71. The summed E-state index contributed by atoms with van der Waals surface area (Å²) in [6, 6.07) is 15.1. The van der Waals surface area contributed by atoms with E-state index in [9.17, 15) is 4.39 Å². The number of rotatable bonds is 3. The van der Waals surface area contributed by atoms with Crippen LogP contribution in [0.3, 0.4) is 0 Å². The van der Waals surface area contributed by atoms with Crippen molar-refractivity contribution in [3.8, 4) is 0 Å². The third-order valence-electron chi connectivity index (χ3n) is 4.24. The van der Waals surface area contributed by atoms with E-state index in [0.29, 0.717) is 0 Å². The van der Waals surface area contributed by atoms with E-state index in [-0.39, 0.29) is 11.9 Å². The highest BCUT2D eigenvalue weighted by Crippen LogP contribution is 2.18. The van der Waals surface area contributed by atoms with Gasteiger partial charge in [0.05, 0.1) is 0 Å². The maximum absolute atomic E-state index is 13.3. The van der Waals surface area contributed by atoms with Crippen molar-refractivity contribution in [2.45, 2.75) is 18.9 Å². The van der Waals surface area contributed by atoms with Gasteiger partial charge in [-0.25, -0.2) is 4.39 Å². The molecule has 0 saturated carbocycles. The van der Waals surface area contributed by atoms with Gasteiger partial charge in [0, 0.05) is 25.7 Å². The van der Waals surface area contributed by atoms with Crippen LogP contribution in [-0.4, -0.2) is 24.5 Å². The quantitative estimate of drug-likeness (QED) is 0.939. The van der Waals surface area contributed by atoms with E-state index in [2.05, 4.69) is 29.2 Å². The number of fused-ring (bicyclic) bond motifs is 1. The van der Waals surface area contributed by atoms with Gasteiger partial charge in [0.15, 0.2) is 0 Å². The minimum Gasteiger partial charge on any atom is -0.323 e. The fourth-order valence-corrected chi connectivity index (χ4v) is 3.02. The SMILES string of the molecule is NC(CN1CCc2ccccc2CC1)c1cccc(F)c1. The van der Waals surface area contributed by atoms with Crippen molar-refractivity contribution >= 4 is 0 Å². The fourth-order valence-electron chi connectivity index (χ4n) is 3.02. The van der Waals surface area contributed by atoms with Gasteiger partial charge in [0.2, 0.25) is 0 Å². The molecular formula is C18H21FN2. The van der Waals surface area contributed by atoms with Gasteiger partial charge in [-0.3, -0.25) is 0 Å². The number of nitrogens with two attached hydrogens (primary N) is 1. The molecule has 0 bridgehead atoms. The maximum atomic E-state index is 13.3. The molecule has 1 atom stereocenters. The Balaban J connectivity index is 1.64. The zero-order chi connectivity index (χ0) is 14.7. The van der Waals surface area contributed by atoms with Gasteiger partial charge in [0.25, 0.3) is 0 Å². The molecule has 3 rings (SSSR count). The summed E-state index contributed by atoms with van der Waals surface area (Å²) in [6.07, 6.45) is 2.12. The first kappa shape index (κ1) is 14.2. The van der Waals surface area contributed by atoms with E-state index in [1.54, 1.807) is 6.07 Å². The number of benzene rings is 2. The van der Waals surface area contributed by atoms with Crippen molar-refractivity contribution in [1.82, 2.24) is 4.90 Å². The second-order valence-electron chi connectivity index (χ2n) is 5.73. The molecule has 0 amide bonds. The van der Waals surface area contributed by atoms with Gasteiger partial charge in [-0.15, -0.1) is 0 Å². The van der Waals surface area contributed by atoms with E-state index in [0.717, 1.165) is 38.0 Å². The Morgan fingerprint density at radius 1 is 1.00 bits per heavy atom. The van der Waals surface area contributed by atoms with Gasteiger partial charge in [-0.05, 0) is 41.7 Å². The highest BCUT2D eigenvalue weighted by molar-refractivity contribution is 5.28. The van der Waals surface area contributed by atoms with Crippen molar-refractivity contribution in [3.05, 3.63) is 71.0 Å². The predicted octanol–water partition coefficient (Wildman–Crippen LogP) is 2.93. The first-order valence-electron chi connectivity index (χ1n) is 7.52. The summed E-state index contributed by atoms with van der Waals surface area (Å²) in [5, 5.41) is 0. The smallest absolute Gasteiger partial charge is 0.123 e. The van der Waals surface area contributed by atoms with Crippen LogP contribution in [0.2, 0.25) is 0 Å². The van der Waals surface area contributed by atoms with Crippen LogP contribution in [0, 0.1) is 5.82 Å². The molecule has 0 fully saturated rings. The van der Waals surface area contributed by atoms with E-state index in [1.807, 2.05) is 6.07 Å². The first-order chi connectivity index (χ1) is 10.2. The average molecular weight is 284 g/mol.